The lowest BCUT2D eigenvalue weighted by Gasteiger charge is -2.30. The number of carbonyl (C=O) groups excluding carboxylic acids is 1. The minimum Gasteiger partial charge on any atom is -0.297 e. The van der Waals surface area contributed by atoms with Crippen molar-refractivity contribution in [3.8, 4) is 0 Å². The lowest BCUT2D eigenvalue weighted by molar-refractivity contribution is -0.125. The maximum absolute atomic E-state index is 12.1. The average molecular weight is 201 g/mol. The van der Waals surface area contributed by atoms with Crippen molar-refractivity contribution in [2.75, 3.05) is 7.05 Å². The molecule has 2 heteroatoms. The van der Waals surface area contributed by atoms with Gasteiger partial charge >= 0.3 is 0 Å². The fourth-order valence-electron chi connectivity index (χ4n) is 3.24. The van der Waals surface area contributed by atoms with Crippen molar-refractivity contribution in [2.45, 2.75) is 30.8 Å². The summed E-state index contributed by atoms with van der Waals surface area (Å²) in [5, 5.41) is 0. The number of likely N-dealkylation sites (N-methyl/N-ethyl adjacent to an activating group) is 1. The Kier molecular flexibility index (Phi) is 1.77. The third kappa shape index (κ3) is 1.00. The molecule has 0 N–H and O–H groups in total. The van der Waals surface area contributed by atoms with Gasteiger partial charge in [0.25, 0.3) is 0 Å². The van der Waals surface area contributed by atoms with E-state index in [0.29, 0.717) is 11.8 Å². The number of ketones is 1. The number of fused-ring (bicyclic) bond motifs is 2. The molecule has 0 aliphatic carbocycles. The highest BCUT2D eigenvalue weighted by molar-refractivity contribution is 5.93. The molecule has 2 aliphatic heterocycles. The lowest BCUT2D eigenvalue weighted by Crippen LogP contribution is -2.40. The minimum atomic E-state index is -0.286. The van der Waals surface area contributed by atoms with Crippen molar-refractivity contribution >= 4 is 5.78 Å². The molecular weight excluding hydrogens is 186 g/mol. The summed E-state index contributed by atoms with van der Waals surface area (Å²) in [7, 11) is 2.09. The third-order valence-electron chi connectivity index (χ3n) is 4.12. The van der Waals surface area contributed by atoms with Gasteiger partial charge in [-0.2, -0.15) is 0 Å². The Bertz CT molecular complexity index is 400. The highest BCUT2D eigenvalue weighted by Crippen LogP contribution is 2.49. The summed E-state index contributed by atoms with van der Waals surface area (Å²) < 4.78 is 0. The van der Waals surface area contributed by atoms with E-state index in [-0.39, 0.29) is 5.54 Å². The van der Waals surface area contributed by atoms with Crippen molar-refractivity contribution in [1.29, 1.82) is 0 Å². The molecule has 0 amide bonds. The van der Waals surface area contributed by atoms with Gasteiger partial charge in [-0.1, -0.05) is 30.3 Å². The zero-order valence-electron chi connectivity index (χ0n) is 8.94. The van der Waals surface area contributed by atoms with Crippen molar-refractivity contribution in [3.05, 3.63) is 35.9 Å². The van der Waals surface area contributed by atoms with Gasteiger partial charge in [-0.05, 0) is 25.5 Å². The van der Waals surface area contributed by atoms with Gasteiger partial charge in [0.1, 0.15) is 5.54 Å². The molecule has 0 radical (unpaired) electrons. The Labute approximate surface area is 89.9 Å². The number of rotatable bonds is 1. The highest BCUT2D eigenvalue weighted by atomic mass is 16.1. The van der Waals surface area contributed by atoms with Gasteiger partial charge in [-0.3, -0.25) is 9.69 Å². The van der Waals surface area contributed by atoms with Crippen molar-refractivity contribution in [2.24, 2.45) is 0 Å². The fraction of sp³-hybridized carbons (Fsp3) is 0.462. The number of benzene rings is 1. The molecule has 2 fully saturated rings. The molecule has 1 aromatic carbocycles. The van der Waals surface area contributed by atoms with E-state index in [0.717, 1.165) is 19.3 Å². The van der Waals surface area contributed by atoms with E-state index in [9.17, 15) is 4.79 Å². The van der Waals surface area contributed by atoms with Crippen molar-refractivity contribution in [1.82, 2.24) is 4.90 Å². The quantitative estimate of drug-likeness (QED) is 0.692. The summed E-state index contributed by atoms with van der Waals surface area (Å²) in [6.45, 7) is 0. The van der Waals surface area contributed by atoms with E-state index < -0.39 is 0 Å². The third-order valence-corrected chi connectivity index (χ3v) is 4.12. The number of carbonyl (C=O) groups is 1. The van der Waals surface area contributed by atoms with Crippen LogP contribution in [0.5, 0.6) is 0 Å². The first-order chi connectivity index (χ1) is 7.25. The topological polar surface area (TPSA) is 20.3 Å². The molecule has 0 saturated carbocycles. The van der Waals surface area contributed by atoms with Gasteiger partial charge in [0.2, 0.25) is 0 Å². The van der Waals surface area contributed by atoms with Gasteiger partial charge in [-0.15, -0.1) is 0 Å². The van der Waals surface area contributed by atoms with Gasteiger partial charge < -0.3 is 0 Å². The first-order valence-corrected chi connectivity index (χ1v) is 5.57. The Balaban J connectivity index is 2.13. The standard InChI is InChI=1S/C13H15NO/c1-14-11-7-8-13(14,12(15)9-11)10-5-3-2-4-6-10/h2-6,11H,7-9H2,1H3. The van der Waals surface area contributed by atoms with Crippen LogP contribution in [0.1, 0.15) is 24.8 Å². The summed E-state index contributed by atoms with van der Waals surface area (Å²) in [6.07, 6.45) is 2.90. The van der Waals surface area contributed by atoms with Crippen LogP contribution in [-0.4, -0.2) is 23.8 Å². The molecule has 2 heterocycles. The Morgan fingerprint density at radius 1 is 1.33 bits per heavy atom. The van der Waals surface area contributed by atoms with Crippen LogP contribution in [0.15, 0.2) is 30.3 Å². The summed E-state index contributed by atoms with van der Waals surface area (Å²) >= 11 is 0. The molecule has 15 heavy (non-hydrogen) atoms. The van der Waals surface area contributed by atoms with E-state index in [4.69, 9.17) is 0 Å². The summed E-state index contributed by atoms with van der Waals surface area (Å²) in [5.41, 5.74) is 0.892. The molecule has 3 rings (SSSR count). The van der Waals surface area contributed by atoms with Crippen LogP contribution in [0.25, 0.3) is 0 Å². The molecule has 2 bridgehead atoms. The molecule has 1 aromatic rings. The van der Waals surface area contributed by atoms with Crippen LogP contribution in [0.4, 0.5) is 0 Å². The summed E-state index contributed by atoms with van der Waals surface area (Å²) in [6, 6.07) is 10.7. The second-order valence-corrected chi connectivity index (χ2v) is 4.66. The van der Waals surface area contributed by atoms with Crippen LogP contribution in [0, 0.1) is 0 Å². The van der Waals surface area contributed by atoms with E-state index in [1.54, 1.807) is 0 Å². The number of hydrogen-bond acceptors (Lipinski definition) is 2. The molecule has 2 atom stereocenters. The number of nitrogens with zero attached hydrogens (tertiary/aromatic N) is 1. The minimum absolute atomic E-state index is 0.286. The fourth-order valence-corrected chi connectivity index (χ4v) is 3.24. The van der Waals surface area contributed by atoms with Crippen LogP contribution >= 0.6 is 0 Å². The maximum atomic E-state index is 12.1. The van der Waals surface area contributed by atoms with Gasteiger partial charge in [-0.25, -0.2) is 0 Å². The van der Waals surface area contributed by atoms with Crippen molar-refractivity contribution in [3.63, 3.8) is 0 Å². The van der Waals surface area contributed by atoms with Crippen LogP contribution in [0.2, 0.25) is 0 Å². The van der Waals surface area contributed by atoms with Gasteiger partial charge in [0.15, 0.2) is 5.78 Å². The van der Waals surface area contributed by atoms with Crippen molar-refractivity contribution < 1.29 is 4.79 Å². The monoisotopic (exact) mass is 201 g/mol. The van der Waals surface area contributed by atoms with Crippen LogP contribution < -0.4 is 0 Å². The number of hydrogen-bond donors (Lipinski definition) is 0. The van der Waals surface area contributed by atoms with Crippen LogP contribution in [-0.2, 0) is 10.3 Å². The summed E-state index contributed by atoms with van der Waals surface area (Å²) in [5.74, 6) is 0.410. The Morgan fingerprint density at radius 2 is 2.07 bits per heavy atom. The highest BCUT2D eigenvalue weighted by Gasteiger charge is 2.56. The Morgan fingerprint density at radius 3 is 2.60 bits per heavy atom. The first-order valence-electron chi connectivity index (χ1n) is 5.57. The second kappa shape index (κ2) is 2.92. The van der Waals surface area contributed by atoms with Crippen LogP contribution in [0.3, 0.4) is 0 Å². The van der Waals surface area contributed by atoms with Gasteiger partial charge in [0, 0.05) is 12.5 Å². The molecule has 0 spiro atoms. The summed E-state index contributed by atoms with van der Waals surface area (Å²) in [4.78, 5) is 14.4. The maximum Gasteiger partial charge on any atom is 0.159 e. The van der Waals surface area contributed by atoms with E-state index >= 15 is 0 Å². The second-order valence-electron chi connectivity index (χ2n) is 4.66. The Hall–Kier alpha value is -1.15. The molecule has 0 aromatic heterocycles. The van der Waals surface area contributed by atoms with E-state index in [1.165, 1.54) is 5.56 Å². The first kappa shape index (κ1) is 9.10. The predicted molar refractivity (Wildman–Crippen MR) is 58.5 cm³/mol. The molecule has 2 nitrogen and oxygen atoms in total. The lowest BCUT2D eigenvalue weighted by atomic mass is 9.81. The normalized spacial score (nSPS) is 35.0. The molecule has 2 aliphatic rings. The largest absolute Gasteiger partial charge is 0.297 e. The van der Waals surface area contributed by atoms with E-state index in [1.807, 2.05) is 18.2 Å². The average Bonchev–Trinajstić information content (AvgIpc) is 2.71. The zero-order chi connectivity index (χ0) is 10.5. The number of Topliss-reactive ketones (excluding diaryl/α,β-unsaturated/α-hetero) is 1. The smallest absolute Gasteiger partial charge is 0.159 e. The molecule has 2 saturated heterocycles. The molecular formula is C13H15NO. The van der Waals surface area contributed by atoms with E-state index in [2.05, 4.69) is 24.1 Å². The predicted octanol–water partition coefficient (Wildman–Crippen LogP) is 1.95. The SMILES string of the molecule is CN1C2CCC1(c1ccccc1)C(=O)C2. The molecule has 2 unspecified atom stereocenters. The zero-order valence-corrected chi connectivity index (χ0v) is 8.94. The van der Waals surface area contributed by atoms with Gasteiger partial charge in [0.05, 0.1) is 0 Å². The molecule has 78 valence electrons.